The largest absolute Gasteiger partial charge is 0.378 e. The van der Waals surface area contributed by atoms with Gasteiger partial charge in [0.15, 0.2) is 15.5 Å². The van der Waals surface area contributed by atoms with Gasteiger partial charge in [0.05, 0.1) is 35.2 Å². The monoisotopic (exact) mass is 487 g/mol. The second-order valence-electron chi connectivity index (χ2n) is 7.23. The van der Waals surface area contributed by atoms with Crippen LogP contribution in [-0.4, -0.2) is 55.3 Å². The highest BCUT2D eigenvalue weighted by atomic mass is 79.9. The van der Waals surface area contributed by atoms with Crippen LogP contribution < -0.4 is 0 Å². The summed E-state index contributed by atoms with van der Waals surface area (Å²) in [4.78, 5) is 15.2. The highest BCUT2D eigenvalue weighted by Gasteiger charge is 2.37. The van der Waals surface area contributed by atoms with Crippen molar-refractivity contribution in [1.82, 2.24) is 14.7 Å². The lowest BCUT2D eigenvalue weighted by Gasteiger charge is -2.26. The second-order valence-corrected chi connectivity index (χ2v) is 10.1. The average Bonchev–Trinajstić information content (AvgIpc) is 3.13. The van der Waals surface area contributed by atoms with Gasteiger partial charge in [-0.1, -0.05) is 34.1 Å². The third-order valence-corrected chi connectivity index (χ3v) is 7.54. The van der Waals surface area contributed by atoms with E-state index in [1.807, 2.05) is 30.3 Å². The molecular weight excluding hydrogens is 470 g/mol. The number of carbonyl (C=O) groups is 1. The molecule has 1 saturated heterocycles. The molecule has 0 unspecified atom stereocenters. The maximum absolute atomic E-state index is 13.3. The van der Waals surface area contributed by atoms with Gasteiger partial charge in [0.1, 0.15) is 0 Å². The summed E-state index contributed by atoms with van der Waals surface area (Å²) >= 11 is 3.45. The highest BCUT2D eigenvalue weighted by Crippen LogP contribution is 2.42. The van der Waals surface area contributed by atoms with Crippen LogP contribution in [-0.2, 0) is 20.3 Å². The van der Waals surface area contributed by atoms with Gasteiger partial charge in [-0.2, -0.15) is 5.10 Å². The van der Waals surface area contributed by atoms with Crippen molar-refractivity contribution in [2.24, 2.45) is 0 Å². The van der Waals surface area contributed by atoms with Gasteiger partial charge in [-0.3, -0.25) is 4.79 Å². The van der Waals surface area contributed by atoms with Crippen LogP contribution in [0, 0.1) is 0 Å². The van der Waals surface area contributed by atoms with Gasteiger partial charge in [0, 0.05) is 28.7 Å². The van der Waals surface area contributed by atoms with Crippen molar-refractivity contribution in [1.29, 1.82) is 0 Å². The molecule has 0 saturated carbocycles. The number of benzene rings is 2. The number of sulfone groups is 1. The minimum atomic E-state index is -3.60. The fourth-order valence-corrected chi connectivity index (χ4v) is 5.87. The topological polar surface area (TPSA) is 81.5 Å². The Morgan fingerprint density at radius 3 is 2.53 bits per heavy atom. The molecule has 9 heteroatoms. The predicted molar refractivity (Wildman–Crippen MR) is 114 cm³/mol. The van der Waals surface area contributed by atoms with Crippen LogP contribution in [0.15, 0.2) is 57.9 Å². The van der Waals surface area contributed by atoms with Crippen LogP contribution in [0.5, 0.6) is 0 Å². The summed E-state index contributed by atoms with van der Waals surface area (Å²) < 4.78 is 33.9. The Bertz CT molecular complexity index is 1250. The number of morpholine rings is 1. The number of ether oxygens (including phenoxy) is 1. The first-order valence-corrected chi connectivity index (χ1v) is 12.0. The Balaban J connectivity index is 1.77. The molecule has 1 aromatic heterocycles. The fourth-order valence-electron chi connectivity index (χ4n) is 3.93. The molecule has 1 fully saturated rings. The minimum Gasteiger partial charge on any atom is -0.378 e. The Kier molecular flexibility index (Phi) is 4.76. The van der Waals surface area contributed by atoms with Crippen molar-refractivity contribution in [3.63, 3.8) is 0 Å². The molecule has 3 heterocycles. The standard InChI is InChI=1S/C21H18BrN3O4S/c22-14-6-7-18-16(12-14)20-17(13-30(18,27)28)19(21(26)24-8-10-29-11-9-24)23-25(20)15-4-2-1-3-5-15/h1-7,12H,8-11,13H2. The van der Waals surface area contributed by atoms with Crippen LogP contribution in [0.4, 0.5) is 0 Å². The molecule has 0 spiro atoms. The van der Waals surface area contributed by atoms with Crippen molar-refractivity contribution >= 4 is 31.7 Å². The summed E-state index contributed by atoms with van der Waals surface area (Å²) in [5, 5.41) is 4.64. The van der Waals surface area contributed by atoms with Crippen molar-refractivity contribution in [3.8, 4) is 16.9 Å². The molecule has 2 aromatic carbocycles. The Labute approximate surface area is 182 Å². The number of rotatable bonds is 2. The fraction of sp³-hybridized carbons (Fsp3) is 0.238. The minimum absolute atomic E-state index is 0.185. The number of fused-ring (bicyclic) bond motifs is 3. The Morgan fingerprint density at radius 2 is 1.80 bits per heavy atom. The lowest BCUT2D eigenvalue weighted by atomic mass is 10.0. The summed E-state index contributed by atoms with van der Waals surface area (Å²) in [6, 6.07) is 14.5. The van der Waals surface area contributed by atoms with E-state index in [-0.39, 0.29) is 22.2 Å². The van der Waals surface area contributed by atoms with Gasteiger partial charge in [0.2, 0.25) is 0 Å². The van der Waals surface area contributed by atoms with Crippen LogP contribution in [0.1, 0.15) is 16.1 Å². The number of carbonyl (C=O) groups excluding carboxylic acids is 1. The number of nitrogens with zero attached hydrogens (tertiary/aromatic N) is 3. The summed E-state index contributed by atoms with van der Waals surface area (Å²) in [5.74, 6) is -0.521. The normalized spacial score (nSPS) is 17.3. The average molecular weight is 488 g/mol. The smallest absolute Gasteiger partial charge is 0.274 e. The molecule has 5 rings (SSSR count). The van der Waals surface area contributed by atoms with Crippen LogP contribution in [0.3, 0.4) is 0 Å². The van der Waals surface area contributed by atoms with Gasteiger partial charge in [-0.15, -0.1) is 0 Å². The van der Waals surface area contributed by atoms with Crippen LogP contribution in [0.2, 0.25) is 0 Å². The summed E-state index contributed by atoms with van der Waals surface area (Å²) in [7, 11) is -3.60. The molecule has 0 aliphatic carbocycles. The van der Waals surface area contributed by atoms with Crippen LogP contribution >= 0.6 is 15.9 Å². The summed E-state index contributed by atoms with van der Waals surface area (Å²) in [6.07, 6.45) is 0. The van der Waals surface area contributed by atoms with E-state index in [2.05, 4.69) is 21.0 Å². The molecule has 0 N–H and O–H groups in total. The summed E-state index contributed by atoms with van der Waals surface area (Å²) in [6.45, 7) is 1.84. The molecule has 7 nitrogen and oxygen atoms in total. The van der Waals surface area contributed by atoms with Gasteiger partial charge >= 0.3 is 0 Å². The first-order valence-electron chi connectivity index (χ1n) is 9.53. The van der Waals surface area contributed by atoms with E-state index in [9.17, 15) is 13.2 Å². The second kappa shape index (κ2) is 7.33. The van der Waals surface area contributed by atoms with E-state index in [1.165, 1.54) is 0 Å². The molecular formula is C21H18BrN3O4S. The first-order chi connectivity index (χ1) is 14.5. The number of hydrogen-bond acceptors (Lipinski definition) is 5. The molecule has 154 valence electrons. The Morgan fingerprint density at radius 1 is 1.07 bits per heavy atom. The van der Waals surface area contributed by atoms with E-state index in [4.69, 9.17) is 4.74 Å². The molecule has 1 amide bonds. The van der Waals surface area contributed by atoms with Crippen molar-refractivity contribution in [3.05, 3.63) is 64.3 Å². The number of aromatic nitrogens is 2. The van der Waals surface area contributed by atoms with E-state index in [0.29, 0.717) is 43.1 Å². The zero-order valence-corrected chi connectivity index (χ0v) is 18.3. The lowest BCUT2D eigenvalue weighted by Crippen LogP contribution is -2.41. The number of hydrogen-bond donors (Lipinski definition) is 0. The van der Waals surface area contributed by atoms with Gasteiger partial charge in [-0.25, -0.2) is 13.1 Å². The lowest BCUT2D eigenvalue weighted by molar-refractivity contribution is 0.0298. The molecule has 0 bridgehead atoms. The van der Waals surface area contributed by atoms with Gasteiger partial charge < -0.3 is 9.64 Å². The van der Waals surface area contributed by atoms with Gasteiger partial charge in [-0.05, 0) is 30.3 Å². The molecule has 0 radical (unpaired) electrons. The SMILES string of the molecule is O=C(c1nn(-c2ccccc2)c2c1CS(=O)(=O)c1ccc(Br)cc1-2)N1CCOCC1. The van der Waals surface area contributed by atoms with E-state index >= 15 is 0 Å². The molecule has 0 atom stereocenters. The van der Waals surface area contributed by atoms with Crippen LogP contribution in [0.25, 0.3) is 16.9 Å². The zero-order valence-electron chi connectivity index (χ0n) is 15.9. The van der Waals surface area contributed by atoms with E-state index < -0.39 is 9.84 Å². The number of para-hydroxylation sites is 1. The van der Waals surface area contributed by atoms with Crippen molar-refractivity contribution in [2.75, 3.05) is 26.3 Å². The molecule has 3 aromatic rings. The van der Waals surface area contributed by atoms with E-state index in [0.717, 1.165) is 10.2 Å². The van der Waals surface area contributed by atoms with E-state index in [1.54, 1.807) is 27.8 Å². The molecule has 2 aliphatic heterocycles. The maximum atomic E-state index is 13.3. The third kappa shape index (κ3) is 3.17. The summed E-state index contributed by atoms with van der Waals surface area (Å²) in [5.41, 5.74) is 2.58. The Hall–Kier alpha value is -2.49. The van der Waals surface area contributed by atoms with Crippen molar-refractivity contribution in [2.45, 2.75) is 10.6 Å². The van der Waals surface area contributed by atoms with Crippen molar-refractivity contribution < 1.29 is 17.9 Å². The zero-order chi connectivity index (χ0) is 20.9. The highest BCUT2D eigenvalue weighted by molar-refractivity contribution is 9.10. The maximum Gasteiger partial charge on any atom is 0.274 e. The van der Waals surface area contributed by atoms with Gasteiger partial charge in [0.25, 0.3) is 5.91 Å². The molecule has 30 heavy (non-hydrogen) atoms. The first kappa shape index (κ1) is 19.5. The molecule has 2 aliphatic rings. The number of halogens is 1. The third-order valence-electron chi connectivity index (χ3n) is 5.35. The quantitative estimate of drug-likeness (QED) is 0.554. The number of amides is 1. The predicted octanol–water partition coefficient (Wildman–Crippen LogP) is 3.06.